The number of piperidine rings is 1. The van der Waals surface area contributed by atoms with E-state index in [0.29, 0.717) is 37.6 Å². The molecule has 0 bridgehead atoms. The Morgan fingerprint density at radius 1 is 1.18 bits per heavy atom. The van der Waals surface area contributed by atoms with Crippen LogP contribution in [0, 0.1) is 0 Å². The lowest BCUT2D eigenvalue weighted by Crippen LogP contribution is -2.45. The maximum absolute atomic E-state index is 13.4. The van der Waals surface area contributed by atoms with Crippen molar-refractivity contribution in [2.75, 3.05) is 33.3 Å². The van der Waals surface area contributed by atoms with Crippen molar-refractivity contribution in [2.45, 2.75) is 32.0 Å². The van der Waals surface area contributed by atoms with Gasteiger partial charge in [-0.25, -0.2) is 9.98 Å². The molecule has 38 heavy (non-hydrogen) atoms. The largest absolute Gasteiger partial charge is 0.489 e. The molecule has 194 valence electrons. The fourth-order valence-corrected chi connectivity index (χ4v) is 5.92. The summed E-state index contributed by atoms with van der Waals surface area (Å²) in [5, 5.41) is 1.15. The fourth-order valence-electron chi connectivity index (χ4n) is 5.92. The Morgan fingerprint density at radius 2 is 2.08 bits per heavy atom. The molecule has 9 heteroatoms. The number of para-hydroxylation sites is 1. The van der Waals surface area contributed by atoms with Gasteiger partial charge in [0.25, 0.3) is 5.91 Å². The standard InChI is InChI=1S/C29H31N7O2/c1-33-10-5-9-31-26(33)18-36-23-8-3-2-6-19(23)15-24(36)28-32-22-14-20(16-25-27(22)35(28)12-13-38-25)29(37)34-11-4-7-21(30)17-34/h2-3,5-6,8-9,14-16,21H,4,7,10-13,17-18,30H2,1H3/t21-/m1/s1. The normalized spacial score (nSPS) is 19.2. The van der Waals surface area contributed by atoms with Gasteiger partial charge in [0, 0.05) is 55.4 Å². The van der Waals surface area contributed by atoms with E-state index in [1.165, 1.54) is 0 Å². The Labute approximate surface area is 220 Å². The number of aromatic nitrogens is 3. The van der Waals surface area contributed by atoms with Crippen molar-refractivity contribution in [1.82, 2.24) is 23.9 Å². The van der Waals surface area contributed by atoms with E-state index in [1.807, 2.05) is 23.2 Å². The smallest absolute Gasteiger partial charge is 0.254 e. The van der Waals surface area contributed by atoms with E-state index in [2.05, 4.69) is 62.5 Å². The molecule has 0 aliphatic carbocycles. The molecule has 7 rings (SSSR count). The van der Waals surface area contributed by atoms with Gasteiger partial charge in [0.1, 0.15) is 23.7 Å². The zero-order chi connectivity index (χ0) is 25.8. The summed E-state index contributed by atoms with van der Waals surface area (Å²) in [5.41, 5.74) is 10.6. The van der Waals surface area contributed by atoms with Crippen LogP contribution in [0.25, 0.3) is 33.5 Å². The molecule has 3 aliphatic rings. The van der Waals surface area contributed by atoms with Crippen molar-refractivity contribution >= 4 is 33.7 Å². The van der Waals surface area contributed by atoms with Crippen molar-refractivity contribution in [2.24, 2.45) is 10.7 Å². The van der Waals surface area contributed by atoms with Crippen molar-refractivity contribution < 1.29 is 9.53 Å². The average Bonchev–Trinajstić information content (AvgIpc) is 3.49. The minimum Gasteiger partial charge on any atom is -0.489 e. The molecule has 9 nitrogen and oxygen atoms in total. The van der Waals surface area contributed by atoms with Crippen LogP contribution in [0.4, 0.5) is 0 Å². The molecule has 0 spiro atoms. The monoisotopic (exact) mass is 509 g/mol. The van der Waals surface area contributed by atoms with Crippen molar-refractivity contribution in [3.05, 3.63) is 60.3 Å². The zero-order valence-corrected chi connectivity index (χ0v) is 21.5. The summed E-state index contributed by atoms with van der Waals surface area (Å²) in [7, 11) is 2.07. The minimum absolute atomic E-state index is 0.0101. The predicted octanol–water partition coefficient (Wildman–Crippen LogP) is 3.47. The van der Waals surface area contributed by atoms with Gasteiger partial charge >= 0.3 is 0 Å². The summed E-state index contributed by atoms with van der Waals surface area (Å²) in [5.74, 6) is 2.58. The Balaban J connectivity index is 1.36. The van der Waals surface area contributed by atoms with E-state index in [-0.39, 0.29) is 11.9 Å². The Kier molecular flexibility index (Phi) is 5.47. The topological polar surface area (TPSA) is 93.9 Å². The number of carbonyl (C=O) groups is 1. The van der Waals surface area contributed by atoms with Crippen LogP contribution in [0.2, 0.25) is 0 Å². The zero-order valence-electron chi connectivity index (χ0n) is 21.5. The van der Waals surface area contributed by atoms with Gasteiger partial charge in [-0.2, -0.15) is 0 Å². The predicted molar refractivity (Wildman–Crippen MR) is 148 cm³/mol. The molecule has 2 N–H and O–H groups in total. The highest BCUT2D eigenvalue weighted by molar-refractivity contribution is 6.00. The second-order valence-electron chi connectivity index (χ2n) is 10.4. The first-order chi connectivity index (χ1) is 18.6. The number of fused-ring (bicyclic) bond motifs is 1. The van der Waals surface area contributed by atoms with Crippen LogP contribution >= 0.6 is 0 Å². The molecule has 1 saturated heterocycles. The summed E-state index contributed by atoms with van der Waals surface area (Å²) < 4.78 is 10.6. The number of carbonyl (C=O) groups excluding carboxylic acids is 1. The van der Waals surface area contributed by atoms with Gasteiger partial charge in [-0.15, -0.1) is 0 Å². The van der Waals surface area contributed by atoms with Crippen LogP contribution in [0.15, 0.2) is 59.7 Å². The van der Waals surface area contributed by atoms with Gasteiger partial charge in [-0.05, 0) is 43.2 Å². The number of imidazole rings is 1. The third-order valence-electron chi connectivity index (χ3n) is 7.86. The lowest BCUT2D eigenvalue weighted by molar-refractivity contribution is 0.0708. The van der Waals surface area contributed by atoms with Crippen LogP contribution in [0.3, 0.4) is 0 Å². The quantitative estimate of drug-likeness (QED) is 0.455. The van der Waals surface area contributed by atoms with E-state index >= 15 is 0 Å². The maximum atomic E-state index is 13.4. The molecule has 3 aliphatic heterocycles. The number of nitrogens with zero attached hydrogens (tertiary/aromatic N) is 6. The van der Waals surface area contributed by atoms with Crippen LogP contribution in [-0.4, -0.2) is 75.0 Å². The number of ether oxygens (including phenoxy) is 1. The minimum atomic E-state index is -0.0101. The first-order valence-electron chi connectivity index (χ1n) is 13.3. The van der Waals surface area contributed by atoms with Crippen LogP contribution < -0.4 is 10.5 Å². The average molecular weight is 510 g/mol. The van der Waals surface area contributed by atoms with E-state index < -0.39 is 0 Å². The summed E-state index contributed by atoms with van der Waals surface area (Å²) in [4.78, 5) is 27.2. The maximum Gasteiger partial charge on any atom is 0.254 e. The molecule has 0 saturated carbocycles. The summed E-state index contributed by atoms with van der Waals surface area (Å²) >= 11 is 0. The number of amides is 1. The number of amidine groups is 1. The fraction of sp³-hybridized carbons (Fsp3) is 0.345. The van der Waals surface area contributed by atoms with Gasteiger partial charge in [0.15, 0.2) is 5.82 Å². The Hall–Kier alpha value is -4.11. The summed E-state index contributed by atoms with van der Waals surface area (Å²) in [6.07, 6.45) is 5.82. The lowest BCUT2D eigenvalue weighted by Gasteiger charge is -2.31. The number of hydrogen-bond acceptors (Lipinski definition) is 6. The number of hydrogen-bond donors (Lipinski definition) is 1. The third-order valence-corrected chi connectivity index (χ3v) is 7.86. The molecule has 1 atom stereocenters. The molecule has 0 unspecified atom stereocenters. The number of likely N-dealkylation sites (N-methyl/N-ethyl adjacent to an activating group) is 1. The molecule has 0 radical (unpaired) electrons. The number of rotatable bonds is 4. The van der Waals surface area contributed by atoms with Gasteiger partial charge in [-0.1, -0.05) is 18.2 Å². The number of aliphatic imine (C=N–C) groups is 1. The van der Waals surface area contributed by atoms with Crippen LogP contribution in [0.1, 0.15) is 23.2 Å². The molecule has 2 aromatic carbocycles. The highest BCUT2D eigenvalue weighted by Crippen LogP contribution is 2.37. The van der Waals surface area contributed by atoms with E-state index in [4.69, 9.17) is 15.5 Å². The molecular formula is C29H31N7O2. The molecule has 4 aromatic rings. The highest BCUT2D eigenvalue weighted by Gasteiger charge is 2.28. The van der Waals surface area contributed by atoms with E-state index in [0.717, 1.165) is 65.2 Å². The van der Waals surface area contributed by atoms with Gasteiger partial charge in [0.05, 0.1) is 24.3 Å². The second kappa shape index (κ2) is 9.02. The lowest BCUT2D eigenvalue weighted by atomic mass is 10.0. The van der Waals surface area contributed by atoms with Crippen LogP contribution in [0.5, 0.6) is 5.75 Å². The first-order valence-corrected chi connectivity index (χ1v) is 13.3. The highest BCUT2D eigenvalue weighted by atomic mass is 16.5. The number of benzene rings is 2. The van der Waals surface area contributed by atoms with Crippen molar-refractivity contribution in [3.8, 4) is 17.3 Å². The second-order valence-corrected chi connectivity index (χ2v) is 10.4. The van der Waals surface area contributed by atoms with Gasteiger partial charge in [-0.3, -0.25) is 4.79 Å². The van der Waals surface area contributed by atoms with E-state index in [1.54, 1.807) is 0 Å². The summed E-state index contributed by atoms with van der Waals surface area (Å²) in [6.45, 7) is 4.01. The molecule has 1 amide bonds. The number of likely N-dealkylation sites (tertiary alicyclic amines) is 1. The first kappa shape index (κ1) is 23.0. The molecule has 2 aromatic heterocycles. The van der Waals surface area contributed by atoms with Crippen molar-refractivity contribution in [1.29, 1.82) is 0 Å². The molecule has 1 fully saturated rings. The van der Waals surface area contributed by atoms with Gasteiger partial charge < -0.3 is 29.4 Å². The third kappa shape index (κ3) is 3.77. The summed E-state index contributed by atoms with van der Waals surface area (Å²) in [6, 6.07) is 14.4. The van der Waals surface area contributed by atoms with Crippen LogP contribution in [-0.2, 0) is 13.1 Å². The molecular weight excluding hydrogens is 478 g/mol. The SMILES string of the molecule is CN1CC=CN=C1Cn1c(-c2nc3cc(C(=O)N4CCC[C@@H](N)C4)cc4c3n2CCO4)cc2ccccc21. The van der Waals surface area contributed by atoms with Crippen molar-refractivity contribution in [3.63, 3.8) is 0 Å². The van der Waals surface area contributed by atoms with E-state index in [9.17, 15) is 4.79 Å². The number of nitrogens with two attached hydrogens (primary N) is 1. The Bertz CT molecular complexity index is 1630. The Morgan fingerprint density at radius 3 is 2.95 bits per heavy atom. The molecule has 5 heterocycles. The van der Waals surface area contributed by atoms with Gasteiger partial charge in [0.2, 0.25) is 0 Å².